The van der Waals surface area contributed by atoms with E-state index in [1.54, 1.807) is 0 Å². The molecule has 0 N–H and O–H groups in total. The van der Waals surface area contributed by atoms with E-state index in [9.17, 15) is 0 Å². The Morgan fingerprint density at radius 3 is 2.09 bits per heavy atom. The van der Waals surface area contributed by atoms with Crippen molar-refractivity contribution in [3.05, 3.63) is 65.4 Å². The van der Waals surface area contributed by atoms with Crippen molar-refractivity contribution in [2.24, 2.45) is 7.05 Å². The number of pyridine rings is 2. The van der Waals surface area contributed by atoms with Gasteiger partial charge in [0.25, 0.3) is 5.65 Å². The third-order valence-electron chi connectivity index (χ3n) is 9.19. The van der Waals surface area contributed by atoms with Crippen LogP contribution in [-0.2, 0) is 7.05 Å². The van der Waals surface area contributed by atoms with Crippen LogP contribution in [0.3, 0.4) is 0 Å². The van der Waals surface area contributed by atoms with Gasteiger partial charge in [0, 0.05) is 11.6 Å². The Morgan fingerprint density at radius 2 is 1.40 bits per heavy atom. The number of aromatic nitrogens is 3. The first-order chi connectivity index (χ1) is 17.2. The van der Waals surface area contributed by atoms with Crippen molar-refractivity contribution in [3.63, 3.8) is 0 Å². The van der Waals surface area contributed by atoms with Gasteiger partial charge in [0.1, 0.15) is 5.52 Å². The van der Waals surface area contributed by atoms with Crippen LogP contribution < -0.4 is 4.57 Å². The maximum absolute atomic E-state index is 4.94. The molecule has 0 bridgehead atoms. The van der Waals surface area contributed by atoms with Gasteiger partial charge in [0.05, 0.1) is 18.0 Å². The Bertz CT molecular complexity index is 1580. The summed E-state index contributed by atoms with van der Waals surface area (Å²) in [6, 6.07) is 16.7. The highest BCUT2D eigenvalue weighted by atomic mass is 15.1. The summed E-state index contributed by atoms with van der Waals surface area (Å²) in [5, 5.41) is 2.56. The molecule has 2 aliphatic rings. The highest BCUT2D eigenvalue weighted by molar-refractivity contribution is 6.11. The van der Waals surface area contributed by atoms with E-state index in [4.69, 9.17) is 4.98 Å². The Morgan fingerprint density at radius 1 is 0.771 bits per heavy atom. The third kappa shape index (κ3) is 3.31. The number of hydrogen-bond acceptors (Lipinski definition) is 1. The highest BCUT2D eigenvalue weighted by Gasteiger charge is 2.27. The molecule has 35 heavy (non-hydrogen) atoms. The molecular formula is C32H36N3+. The number of hydrogen-bond donors (Lipinski definition) is 0. The molecule has 3 heteroatoms. The molecule has 0 radical (unpaired) electrons. The zero-order valence-electron chi connectivity index (χ0n) is 21.2. The lowest BCUT2D eigenvalue weighted by Gasteiger charge is -2.22. The molecule has 0 saturated heterocycles. The Labute approximate surface area is 207 Å². The van der Waals surface area contributed by atoms with Gasteiger partial charge in [-0.1, -0.05) is 50.7 Å². The van der Waals surface area contributed by atoms with Crippen molar-refractivity contribution in [3.8, 4) is 0 Å². The minimum atomic E-state index is 0.692. The largest absolute Gasteiger partial charge is 0.297 e. The molecule has 178 valence electrons. The second-order valence-corrected chi connectivity index (χ2v) is 11.3. The number of aryl methyl sites for hydroxylation is 2. The first-order valence-electron chi connectivity index (χ1n) is 13.9. The maximum Gasteiger partial charge on any atom is 0.297 e. The molecule has 3 aromatic heterocycles. The topological polar surface area (TPSA) is 21.2 Å². The lowest BCUT2D eigenvalue weighted by Crippen LogP contribution is -2.27. The molecule has 0 atom stereocenters. The van der Waals surface area contributed by atoms with Gasteiger partial charge in [-0.2, -0.15) is 4.40 Å². The third-order valence-corrected chi connectivity index (χ3v) is 9.19. The van der Waals surface area contributed by atoms with Crippen LogP contribution in [0.4, 0.5) is 0 Å². The lowest BCUT2D eigenvalue weighted by molar-refractivity contribution is -0.617. The van der Waals surface area contributed by atoms with Crippen molar-refractivity contribution >= 4 is 38.5 Å². The lowest BCUT2D eigenvalue weighted by atomic mass is 9.83. The van der Waals surface area contributed by atoms with E-state index in [1.807, 2.05) is 6.20 Å². The van der Waals surface area contributed by atoms with Crippen LogP contribution >= 0.6 is 0 Å². The Balaban J connectivity index is 1.59. The Kier molecular flexibility index (Phi) is 5.08. The summed E-state index contributed by atoms with van der Waals surface area (Å²) in [5.41, 5.74) is 10.7. The highest BCUT2D eigenvalue weighted by Crippen LogP contribution is 2.38. The molecule has 2 saturated carbocycles. The fraction of sp³-hybridized carbons (Fsp3) is 0.438. The van der Waals surface area contributed by atoms with Crippen LogP contribution in [0.1, 0.15) is 92.7 Å². The molecule has 0 amide bonds. The smallest absolute Gasteiger partial charge is 0.255 e. The molecule has 0 aliphatic heterocycles. The van der Waals surface area contributed by atoms with Gasteiger partial charge in [0.15, 0.2) is 11.0 Å². The maximum atomic E-state index is 4.94. The van der Waals surface area contributed by atoms with Crippen molar-refractivity contribution in [1.82, 2.24) is 9.38 Å². The van der Waals surface area contributed by atoms with Crippen LogP contribution in [0.15, 0.2) is 48.7 Å². The summed E-state index contributed by atoms with van der Waals surface area (Å²) in [4.78, 5) is 4.94. The molecule has 0 spiro atoms. The monoisotopic (exact) mass is 462 g/mol. The minimum absolute atomic E-state index is 0.692. The Hall–Kier alpha value is -2.94. The van der Waals surface area contributed by atoms with Gasteiger partial charge in [-0.25, -0.2) is 4.57 Å². The summed E-state index contributed by atoms with van der Waals surface area (Å²) >= 11 is 0. The van der Waals surface area contributed by atoms with Gasteiger partial charge in [-0.15, -0.1) is 0 Å². The molecule has 5 aromatic rings. The van der Waals surface area contributed by atoms with Gasteiger partial charge >= 0.3 is 0 Å². The van der Waals surface area contributed by atoms with Crippen molar-refractivity contribution in [2.75, 3.05) is 0 Å². The van der Waals surface area contributed by atoms with Gasteiger partial charge in [0.2, 0.25) is 0 Å². The normalized spacial score (nSPS) is 18.3. The summed E-state index contributed by atoms with van der Waals surface area (Å²) < 4.78 is 4.98. The second kappa shape index (κ2) is 8.33. The molecule has 3 nitrogen and oxygen atoms in total. The number of nitrogens with zero attached hydrogens (tertiary/aromatic N) is 3. The number of imidazole rings is 1. The summed E-state index contributed by atoms with van der Waals surface area (Å²) in [7, 11) is 2.24. The van der Waals surface area contributed by atoms with E-state index in [-0.39, 0.29) is 0 Å². The number of fused-ring (bicyclic) bond motifs is 8. The standard InChI is InChI=1S/C32H36N3/c1-21-17-18-33-31-26-15-13-24(22-9-5-3-6-10-22)19-28(26)35-29-20-25(23-11-7-4-8-12-23)14-16-27(29)34(2)32(35)30(21)31/h13-20,22-23H,3-12H2,1-2H3/q+1. The average Bonchev–Trinajstić information content (AvgIpc) is 3.21. The van der Waals surface area contributed by atoms with E-state index >= 15 is 0 Å². The van der Waals surface area contributed by atoms with E-state index in [1.165, 1.54) is 114 Å². The first kappa shape index (κ1) is 21.4. The summed E-state index contributed by atoms with van der Waals surface area (Å²) in [6.07, 6.45) is 15.6. The number of rotatable bonds is 2. The fourth-order valence-corrected chi connectivity index (χ4v) is 7.26. The number of benzene rings is 2. The summed E-state index contributed by atoms with van der Waals surface area (Å²) in [6.45, 7) is 2.23. The molecule has 0 unspecified atom stereocenters. The van der Waals surface area contributed by atoms with E-state index in [0.717, 1.165) is 5.52 Å². The molecule has 3 heterocycles. The predicted molar refractivity (Wildman–Crippen MR) is 145 cm³/mol. The van der Waals surface area contributed by atoms with Crippen molar-refractivity contribution in [1.29, 1.82) is 0 Å². The van der Waals surface area contributed by atoms with Crippen LogP contribution in [0.5, 0.6) is 0 Å². The van der Waals surface area contributed by atoms with Gasteiger partial charge < -0.3 is 0 Å². The SMILES string of the molecule is Cc1ccnc2c3ccc(C4CCCCC4)cc3n3c4cc(C5CCCCC5)ccc4[n+](C)c3c12. The van der Waals surface area contributed by atoms with Crippen LogP contribution in [0.2, 0.25) is 0 Å². The molecule has 2 fully saturated rings. The molecule has 2 aromatic carbocycles. The minimum Gasteiger partial charge on any atom is -0.255 e. The zero-order valence-corrected chi connectivity index (χ0v) is 21.2. The van der Waals surface area contributed by atoms with Crippen LogP contribution in [0, 0.1) is 6.92 Å². The van der Waals surface area contributed by atoms with Crippen LogP contribution in [0.25, 0.3) is 38.5 Å². The van der Waals surface area contributed by atoms with Gasteiger partial charge in [-0.05, 0) is 91.5 Å². The van der Waals surface area contributed by atoms with Crippen molar-refractivity contribution in [2.45, 2.75) is 83.0 Å². The molecule has 7 rings (SSSR count). The zero-order chi connectivity index (χ0) is 23.5. The summed E-state index contributed by atoms with van der Waals surface area (Å²) in [5.74, 6) is 1.40. The molecule has 2 aliphatic carbocycles. The van der Waals surface area contributed by atoms with E-state index < -0.39 is 0 Å². The first-order valence-corrected chi connectivity index (χ1v) is 13.9. The molecular weight excluding hydrogens is 426 g/mol. The van der Waals surface area contributed by atoms with E-state index in [2.05, 4.69) is 65.4 Å². The second-order valence-electron chi connectivity index (χ2n) is 11.3. The van der Waals surface area contributed by atoms with Crippen LogP contribution in [-0.4, -0.2) is 9.38 Å². The quantitative estimate of drug-likeness (QED) is 0.192. The van der Waals surface area contributed by atoms with E-state index in [0.29, 0.717) is 11.8 Å². The fourth-order valence-electron chi connectivity index (χ4n) is 7.26. The van der Waals surface area contributed by atoms with Gasteiger partial charge in [-0.3, -0.25) is 4.98 Å². The average molecular weight is 463 g/mol. The van der Waals surface area contributed by atoms with Crippen molar-refractivity contribution < 1.29 is 4.57 Å². The predicted octanol–water partition coefficient (Wildman–Crippen LogP) is 8.02.